The van der Waals surface area contributed by atoms with Crippen molar-refractivity contribution in [1.29, 1.82) is 0 Å². The van der Waals surface area contributed by atoms with Crippen molar-refractivity contribution in [3.8, 4) is 11.5 Å². The number of carbonyl (C=O) groups is 2. The van der Waals surface area contributed by atoms with Crippen molar-refractivity contribution in [3.63, 3.8) is 0 Å². The highest BCUT2D eigenvalue weighted by molar-refractivity contribution is 6.30. The fourth-order valence-electron chi connectivity index (χ4n) is 6.73. The minimum absolute atomic E-state index is 0.00840. The van der Waals surface area contributed by atoms with Crippen molar-refractivity contribution in [1.82, 2.24) is 0 Å². The van der Waals surface area contributed by atoms with Crippen molar-refractivity contribution in [2.45, 2.75) is 77.9 Å². The van der Waals surface area contributed by atoms with Crippen LogP contribution in [0.2, 0.25) is 5.02 Å². The number of carbonyl (C=O) groups excluding carboxylic acids is 2. The number of hydrogen-bond acceptors (Lipinski definition) is 5. The Morgan fingerprint density at radius 1 is 0.875 bits per heavy atom. The summed E-state index contributed by atoms with van der Waals surface area (Å²) in [5, 5.41) is 4.32. The van der Waals surface area contributed by atoms with Crippen molar-refractivity contribution in [3.05, 3.63) is 130 Å². The SMILES string of the molecule is CCCCCC(=O)N1c2ccccc2NC2=C(C(=O)C[C@@H](c3ccc(C)cc3)C2)[C@@H]1c1ccc(OCc2ccc(Cl)cc2)c(OCC)c1. The maximum atomic E-state index is 14.5. The van der Waals surface area contributed by atoms with Gasteiger partial charge in [0.15, 0.2) is 17.3 Å². The fraction of sp³-hybridized carbons (Fsp3) is 0.317. The Labute approximate surface area is 288 Å². The second kappa shape index (κ2) is 15.1. The number of aryl methyl sites for hydroxylation is 1. The third kappa shape index (κ3) is 7.29. The molecule has 6 nitrogen and oxygen atoms in total. The van der Waals surface area contributed by atoms with Gasteiger partial charge in [-0.3, -0.25) is 14.5 Å². The van der Waals surface area contributed by atoms with Gasteiger partial charge in [0.2, 0.25) is 5.91 Å². The highest BCUT2D eigenvalue weighted by Gasteiger charge is 2.41. The first-order chi connectivity index (χ1) is 23.4. The summed E-state index contributed by atoms with van der Waals surface area (Å²) in [4.78, 5) is 30.6. The molecule has 4 aromatic carbocycles. The lowest BCUT2D eigenvalue weighted by molar-refractivity contribution is -0.119. The van der Waals surface area contributed by atoms with E-state index < -0.39 is 6.04 Å². The number of hydrogen-bond donors (Lipinski definition) is 1. The summed E-state index contributed by atoms with van der Waals surface area (Å²) in [6.45, 7) is 6.91. The molecule has 0 unspecified atom stereocenters. The molecule has 1 amide bonds. The maximum absolute atomic E-state index is 14.5. The Morgan fingerprint density at radius 3 is 2.38 bits per heavy atom. The van der Waals surface area contributed by atoms with Crippen LogP contribution in [-0.2, 0) is 16.2 Å². The molecule has 48 heavy (non-hydrogen) atoms. The van der Waals surface area contributed by atoms with E-state index in [1.807, 2.05) is 78.6 Å². The predicted molar refractivity (Wildman–Crippen MR) is 193 cm³/mol. The molecule has 6 rings (SSSR count). The third-order valence-electron chi connectivity index (χ3n) is 9.19. The van der Waals surface area contributed by atoms with E-state index in [0.717, 1.165) is 53.0 Å². The number of nitrogens with one attached hydrogen (secondary N) is 1. The number of nitrogens with zero attached hydrogens (tertiary/aromatic N) is 1. The lowest BCUT2D eigenvalue weighted by atomic mass is 9.78. The largest absolute Gasteiger partial charge is 0.490 e. The van der Waals surface area contributed by atoms with Gasteiger partial charge in [-0.2, -0.15) is 0 Å². The Kier molecular flexibility index (Phi) is 10.5. The highest BCUT2D eigenvalue weighted by Crippen LogP contribution is 2.48. The smallest absolute Gasteiger partial charge is 0.227 e. The van der Waals surface area contributed by atoms with Crippen LogP contribution < -0.4 is 19.7 Å². The number of amides is 1. The summed E-state index contributed by atoms with van der Waals surface area (Å²) in [6.07, 6.45) is 4.18. The number of ketones is 1. The molecular formula is C41H43ClN2O4. The van der Waals surface area contributed by atoms with Crippen LogP contribution in [-0.4, -0.2) is 18.3 Å². The molecule has 2 atom stereocenters. The molecule has 2 aliphatic rings. The molecule has 0 aromatic heterocycles. The molecule has 1 heterocycles. The number of rotatable bonds is 11. The Bertz CT molecular complexity index is 1800. The number of benzene rings is 4. The Balaban J connectivity index is 1.45. The topological polar surface area (TPSA) is 67.9 Å². The summed E-state index contributed by atoms with van der Waals surface area (Å²) in [7, 11) is 0. The Morgan fingerprint density at radius 2 is 1.62 bits per heavy atom. The number of Topliss-reactive ketones (excluding diaryl/α,β-unsaturated/α-hetero) is 1. The number of ether oxygens (including phenoxy) is 2. The van der Waals surface area contributed by atoms with Crippen LogP contribution in [0.5, 0.6) is 11.5 Å². The summed E-state index contributed by atoms with van der Waals surface area (Å²) in [5.74, 6) is 1.22. The van der Waals surface area contributed by atoms with Gasteiger partial charge in [0.05, 0.1) is 24.0 Å². The van der Waals surface area contributed by atoms with E-state index in [-0.39, 0.29) is 17.6 Å². The van der Waals surface area contributed by atoms with Gasteiger partial charge in [0, 0.05) is 29.1 Å². The lowest BCUT2D eigenvalue weighted by Gasteiger charge is -2.35. The fourth-order valence-corrected chi connectivity index (χ4v) is 6.85. The summed E-state index contributed by atoms with van der Waals surface area (Å²) < 4.78 is 12.4. The summed E-state index contributed by atoms with van der Waals surface area (Å²) in [5.41, 5.74) is 7.19. The lowest BCUT2D eigenvalue weighted by Crippen LogP contribution is -2.38. The van der Waals surface area contributed by atoms with Crippen LogP contribution in [0.25, 0.3) is 0 Å². The third-order valence-corrected chi connectivity index (χ3v) is 9.44. The average molecular weight is 663 g/mol. The number of halogens is 1. The van der Waals surface area contributed by atoms with E-state index >= 15 is 0 Å². The average Bonchev–Trinajstić information content (AvgIpc) is 3.24. The van der Waals surface area contributed by atoms with Gasteiger partial charge in [-0.15, -0.1) is 0 Å². The number of fused-ring (bicyclic) bond motifs is 1. The van der Waals surface area contributed by atoms with Crippen LogP contribution >= 0.6 is 11.6 Å². The van der Waals surface area contributed by atoms with Crippen molar-refractivity contribution >= 4 is 34.7 Å². The van der Waals surface area contributed by atoms with Crippen LogP contribution in [0.3, 0.4) is 0 Å². The zero-order valence-corrected chi connectivity index (χ0v) is 28.7. The first-order valence-corrected chi connectivity index (χ1v) is 17.4. The number of anilines is 2. The molecule has 248 valence electrons. The molecule has 1 aliphatic heterocycles. The van der Waals surface area contributed by atoms with Crippen molar-refractivity contribution < 1.29 is 19.1 Å². The first-order valence-electron chi connectivity index (χ1n) is 17.0. The number of para-hydroxylation sites is 2. The van der Waals surface area contributed by atoms with Crippen LogP contribution in [0.4, 0.5) is 11.4 Å². The maximum Gasteiger partial charge on any atom is 0.227 e. The second-order valence-electron chi connectivity index (χ2n) is 12.7. The standard InChI is InChI=1S/C41H43ClN2O4/c1-4-6-7-12-39(46)44-35-11-9-8-10-33(35)43-34-23-31(29-17-13-27(3)14-18-29)24-36(45)40(34)41(44)30-19-22-37(38(25-30)47-5-2)48-26-28-15-20-32(42)21-16-28/h8-11,13-22,25,31,41,43H,4-7,12,23-24,26H2,1-3H3/t31-,41-/m0/s1. The molecule has 0 radical (unpaired) electrons. The van der Waals surface area contributed by atoms with E-state index in [9.17, 15) is 9.59 Å². The number of allylic oxidation sites excluding steroid dienone is 1. The van der Waals surface area contributed by atoms with E-state index in [4.69, 9.17) is 21.1 Å². The molecule has 7 heteroatoms. The van der Waals surface area contributed by atoms with Crippen LogP contribution in [0, 0.1) is 6.92 Å². The van der Waals surface area contributed by atoms with Crippen molar-refractivity contribution in [2.75, 3.05) is 16.8 Å². The quantitative estimate of drug-likeness (QED) is 0.162. The summed E-state index contributed by atoms with van der Waals surface area (Å²) >= 11 is 6.08. The second-order valence-corrected chi connectivity index (χ2v) is 13.1. The molecular weight excluding hydrogens is 620 g/mol. The molecule has 0 saturated carbocycles. The molecule has 0 fully saturated rings. The molecule has 4 aromatic rings. The zero-order valence-electron chi connectivity index (χ0n) is 27.9. The number of unbranched alkanes of at least 4 members (excludes halogenated alkanes) is 2. The van der Waals surface area contributed by atoms with Gasteiger partial charge < -0.3 is 14.8 Å². The van der Waals surface area contributed by atoms with Gasteiger partial charge in [-0.05, 0) is 85.7 Å². The van der Waals surface area contributed by atoms with Gasteiger partial charge >= 0.3 is 0 Å². The normalized spacial score (nSPS) is 17.2. The van der Waals surface area contributed by atoms with Gasteiger partial charge in [0.25, 0.3) is 0 Å². The minimum atomic E-state index is -0.638. The first kappa shape index (κ1) is 33.4. The Hall–Kier alpha value is -4.55. The molecule has 0 spiro atoms. The van der Waals surface area contributed by atoms with E-state index in [1.54, 1.807) is 0 Å². The van der Waals surface area contributed by atoms with E-state index in [0.29, 0.717) is 54.6 Å². The van der Waals surface area contributed by atoms with Crippen molar-refractivity contribution in [2.24, 2.45) is 0 Å². The van der Waals surface area contributed by atoms with Gasteiger partial charge in [0.1, 0.15) is 6.61 Å². The molecule has 1 aliphatic carbocycles. The summed E-state index contributed by atoms with van der Waals surface area (Å²) in [6, 6.07) is 29.0. The van der Waals surface area contributed by atoms with E-state index in [1.165, 1.54) is 5.56 Å². The predicted octanol–water partition coefficient (Wildman–Crippen LogP) is 10.1. The molecule has 0 bridgehead atoms. The van der Waals surface area contributed by atoms with Crippen LogP contribution in [0.15, 0.2) is 102 Å². The van der Waals surface area contributed by atoms with Crippen LogP contribution in [0.1, 0.15) is 86.6 Å². The zero-order chi connectivity index (χ0) is 33.6. The van der Waals surface area contributed by atoms with Gasteiger partial charge in [-0.25, -0.2) is 0 Å². The van der Waals surface area contributed by atoms with E-state index in [2.05, 4.69) is 43.4 Å². The van der Waals surface area contributed by atoms with Gasteiger partial charge in [-0.1, -0.05) is 91.5 Å². The monoisotopic (exact) mass is 662 g/mol. The molecule has 0 saturated heterocycles. The highest BCUT2D eigenvalue weighted by atomic mass is 35.5. The molecule has 1 N–H and O–H groups in total. The minimum Gasteiger partial charge on any atom is -0.490 e.